The summed E-state index contributed by atoms with van der Waals surface area (Å²) < 4.78 is 25.4. The van der Waals surface area contributed by atoms with E-state index in [1.165, 1.54) is 12.1 Å². The summed E-state index contributed by atoms with van der Waals surface area (Å²) in [5.74, 6) is -0.706. The molecule has 0 heterocycles. The summed E-state index contributed by atoms with van der Waals surface area (Å²) in [6.07, 6.45) is 2.21. The third-order valence-electron chi connectivity index (χ3n) is 4.95. The number of hydrogen-bond donors (Lipinski definition) is 0. The Morgan fingerprint density at radius 1 is 0.605 bits per heavy atom. The predicted molar refractivity (Wildman–Crippen MR) is 136 cm³/mol. The van der Waals surface area contributed by atoms with Gasteiger partial charge in [0.25, 0.3) is 0 Å². The van der Waals surface area contributed by atoms with Crippen LogP contribution in [0.2, 0.25) is 0 Å². The zero-order valence-corrected chi connectivity index (χ0v) is 20.3. The van der Waals surface area contributed by atoms with Crippen LogP contribution >= 0.6 is 0 Å². The van der Waals surface area contributed by atoms with Gasteiger partial charge in [-0.2, -0.15) is 0 Å². The number of esters is 3. The highest BCUT2D eigenvalue weighted by atomic mass is 16.7. The quantitative estimate of drug-likeness (QED) is 0.107. The molecule has 0 N–H and O–H groups in total. The molecule has 0 radical (unpaired) electrons. The maximum absolute atomic E-state index is 12.6. The van der Waals surface area contributed by atoms with Gasteiger partial charge in [-0.15, -0.1) is 0 Å². The zero-order valence-electron chi connectivity index (χ0n) is 20.3. The first-order valence-corrected chi connectivity index (χ1v) is 11.3. The number of ketones is 1. The fourth-order valence-electron chi connectivity index (χ4n) is 2.98. The molecule has 0 bridgehead atoms. The first-order valence-electron chi connectivity index (χ1n) is 11.3. The van der Waals surface area contributed by atoms with Crippen LogP contribution in [0.4, 0.5) is 0 Å². The minimum absolute atomic E-state index is 0.110. The zero-order chi connectivity index (χ0) is 27.3. The summed E-state index contributed by atoms with van der Waals surface area (Å²) in [6, 6.07) is 19.2. The van der Waals surface area contributed by atoms with Gasteiger partial charge in [-0.1, -0.05) is 25.3 Å². The molecular formula is C29H24O9. The first kappa shape index (κ1) is 27.4. The van der Waals surface area contributed by atoms with Gasteiger partial charge in [0.2, 0.25) is 13.6 Å². The molecule has 0 aliphatic rings. The Bertz CT molecular complexity index is 1190. The van der Waals surface area contributed by atoms with Crippen LogP contribution in [-0.2, 0) is 25.5 Å². The molecule has 9 heteroatoms. The summed E-state index contributed by atoms with van der Waals surface area (Å²) in [5.41, 5.74) is 1.53. The number of carbonyl (C=O) groups is 4. The standard InChI is InChI=1S/C29H24O9/c1-3-27(31)36-18-34-23-13-7-21(8-14-23)26(30)17-20-5-11-25(12-6-20)38-29(33)22-9-15-24(16-10-22)35-19-37-28(32)4-2/h3-16H,1-2,17-19H2. The molecule has 3 aromatic carbocycles. The molecule has 3 aromatic rings. The molecule has 9 nitrogen and oxygen atoms in total. The van der Waals surface area contributed by atoms with Crippen molar-refractivity contribution >= 4 is 23.7 Å². The molecule has 0 spiro atoms. The van der Waals surface area contributed by atoms with E-state index in [-0.39, 0.29) is 25.8 Å². The second kappa shape index (κ2) is 13.8. The van der Waals surface area contributed by atoms with Crippen molar-refractivity contribution in [1.29, 1.82) is 0 Å². The van der Waals surface area contributed by atoms with Crippen LogP contribution in [0, 0.1) is 0 Å². The molecular weight excluding hydrogens is 492 g/mol. The van der Waals surface area contributed by atoms with Gasteiger partial charge < -0.3 is 23.7 Å². The summed E-state index contributed by atoms with van der Waals surface area (Å²) in [4.78, 5) is 47.1. The normalized spacial score (nSPS) is 10.0. The van der Waals surface area contributed by atoms with E-state index in [9.17, 15) is 19.2 Å². The van der Waals surface area contributed by atoms with Crippen molar-refractivity contribution in [2.24, 2.45) is 0 Å². The van der Waals surface area contributed by atoms with Crippen LogP contribution in [0.1, 0.15) is 26.3 Å². The van der Waals surface area contributed by atoms with Crippen molar-refractivity contribution in [3.05, 3.63) is 115 Å². The maximum atomic E-state index is 12.6. The van der Waals surface area contributed by atoms with E-state index < -0.39 is 17.9 Å². The number of ether oxygens (including phenoxy) is 5. The molecule has 194 valence electrons. The summed E-state index contributed by atoms with van der Waals surface area (Å²) in [6.45, 7) is 6.04. The van der Waals surface area contributed by atoms with Crippen molar-refractivity contribution in [3.8, 4) is 17.2 Å². The fraction of sp³-hybridized carbons (Fsp3) is 0.103. The lowest BCUT2D eigenvalue weighted by atomic mass is 10.0. The highest BCUT2D eigenvalue weighted by Gasteiger charge is 2.11. The average molecular weight is 517 g/mol. The first-order chi connectivity index (χ1) is 18.4. The van der Waals surface area contributed by atoms with Crippen molar-refractivity contribution in [3.63, 3.8) is 0 Å². The Kier molecular flexibility index (Phi) is 9.94. The van der Waals surface area contributed by atoms with Crippen molar-refractivity contribution < 1.29 is 42.9 Å². The molecule has 0 aliphatic heterocycles. The second-order valence-electron chi connectivity index (χ2n) is 7.54. The van der Waals surface area contributed by atoms with E-state index in [4.69, 9.17) is 23.7 Å². The van der Waals surface area contributed by atoms with E-state index in [2.05, 4.69) is 13.2 Å². The van der Waals surface area contributed by atoms with Gasteiger partial charge in [-0.3, -0.25) is 4.79 Å². The lowest BCUT2D eigenvalue weighted by Gasteiger charge is -2.08. The van der Waals surface area contributed by atoms with Gasteiger partial charge in [-0.25, -0.2) is 14.4 Å². The van der Waals surface area contributed by atoms with Crippen LogP contribution in [0.25, 0.3) is 0 Å². The number of Topliss-reactive ketones (excluding diaryl/α,β-unsaturated/α-hetero) is 1. The second-order valence-corrected chi connectivity index (χ2v) is 7.54. The van der Waals surface area contributed by atoms with E-state index >= 15 is 0 Å². The van der Waals surface area contributed by atoms with Crippen molar-refractivity contribution in [1.82, 2.24) is 0 Å². The average Bonchev–Trinajstić information content (AvgIpc) is 2.94. The summed E-state index contributed by atoms with van der Waals surface area (Å²) in [7, 11) is 0. The largest absolute Gasteiger partial charge is 0.457 e. The number of hydrogen-bond acceptors (Lipinski definition) is 9. The van der Waals surface area contributed by atoms with E-state index in [0.29, 0.717) is 28.4 Å². The third-order valence-corrected chi connectivity index (χ3v) is 4.95. The van der Waals surface area contributed by atoms with Crippen LogP contribution in [-0.4, -0.2) is 37.3 Å². The predicted octanol–water partition coefficient (Wildman–Crippen LogP) is 4.46. The van der Waals surface area contributed by atoms with Crippen molar-refractivity contribution in [2.45, 2.75) is 6.42 Å². The Hall–Kier alpha value is -5.18. The van der Waals surface area contributed by atoms with Crippen LogP contribution in [0.5, 0.6) is 17.2 Å². The number of rotatable bonds is 13. The van der Waals surface area contributed by atoms with Crippen LogP contribution in [0.15, 0.2) is 98.1 Å². The summed E-state index contributed by atoms with van der Waals surface area (Å²) >= 11 is 0. The molecule has 38 heavy (non-hydrogen) atoms. The minimum Gasteiger partial charge on any atom is -0.457 e. The monoisotopic (exact) mass is 516 g/mol. The van der Waals surface area contributed by atoms with Gasteiger partial charge >= 0.3 is 17.9 Å². The highest BCUT2D eigenvalue weighted by Crippen LogP contribution is 2.19. The van der Waals surface area contributed by atoms with Gasteiger partial charge in [0, 0.05) is 24.1 Å². The lowest BCUT2D eigenvalue weighted by Crippen LogP contribution is -2.10. The molecule has 0 aromatic heterocycles. The Morgan fingerprint density at radius 3 is 1.53 bits per heavy atom. The maximum Gasteiger partial charge on any atom is 0.343 e. The van der Waals surface area contributed by atoms with E-state index in [1.807, 2.05) is 0 Å². The topological polar surface area (TPSA) is 114 Å². The van der Waals surface area contributed by atoms with Crippen LogP contribution < -0.4 is 14.2 Å². The van der Waals surface area contributed by atoms with Gasteiger partial charge in [0.1, 0.15) is 17.2 Å². The molecule has 0 saturated carbocycles. The number of benzene rings is 3. The minimum atomic E-state index is -0.605. The summed E-state index contributed by atoms with van der Waals surface area (Å²) in [5, 5.41) is 0. The Balaban J connectivity index is 1.47. The van der Waals surface area contributed by atoms with E-state index in [1.54, 1.807) is 60.7 Å². The molecule has 0 saturated heterocycles. The lowest BCUT2D eigenvalue weighted by molar-refractivity contribution is -0.145. The van der Waals surface area contributed by atoms with Gasteiger partial charge in [0.15, 0.2) is 5.78 Å². The molecule has 0 aliphatic carbocycles. The number of carbonyl (C=O) groups excluding carboxylic acids is 4. The third kappa shape index (κ3) is 8.49. The Labute approximate surface area is 218 Å². The smallest absolute Gasteiger partial charge is 0.343 e. The Morgan fingerprint density at radius 2 is 1.05 bits per heavy atom. The molecule has 0 fully saturated rings. The molecule has 3 rings (SSSR count). The van der Waals surface area contributed by atoms with Crippen LogP contribution in [0.3, 0.4) is 0 Å². The molecule has 0 atom stereocenters. The molecule has 0 amide bonds. The van der Waals surface area contributed by atoms with Crippen molar-refractivity contribution in [2.75, 3.05) is 13.6 Å². The van der Waals surface area contributed by atoms with E-state index in [0.717, 1.165) is 17.7 Å². The van der Waals surface area contributed by atoms with Gasteiger partial charge in [0.05, 0.1) is 5.56 Å². The SMILES string of the molecule is C=CC(=O)OCOc1ccc(C(=O)Cc2ccc(OC(=O)c3ccc(OCOC(=O)C=C)cc3)cc2)cc1. The highest BCUT2D eigenvalue weighted by molar-refractivity contribution is 5.97. The van der Waals surface area contributed by atoms with Gasteiger partial charge in [-0.05, 0) is 66.2 Å². The molecule has 0 unspecified atom stereocenters. The fourth-order valence-corrected chi connectivity index (χ4v) is 2.98.